The van der Waals surface area contributed by atoms with Crippen LogP contribution in [0.5, 0.6) is 0 Å². The maximum Gasteiger partial charge on any atom is 0.109 e. The van der Waals surface area contributed by atoms with E-state index in [1.54, 1.807) is 6.20 Å². The largest absolute Gasteiger partial charge is 0.297 e. The summed E-state index contributed by atoms with van der Waals surface area (Å²) in [5.41, 5.74) is -0.343. The van der Waals surface area contributed by atoms with Crippen LogP contribution in [0, 0.1) is 11.3 Å². The molecule has 1 heterocycles. The Labute approximate surface area is 106 Å². The molecule has 2 unspecified atom stereocenters. The lowest BCUT2D eigenvalue weighted by molar-refractivity contribution is 0.385. The molecule has 2 atom stereocenters. The summed E-state index contributed by atoms with van der Waals surface area (Å²) in [5.74, 6) is 0. The molecule has 0 radical (unpaired) electrons. The van der Waals surface area contributed by atoms with Gasteiger partial charge in [0.2, 0.25) is 0 Å². The molecule has 0 amide bonds. The molecular weight excluding hydrogens is 236 g/mol. The van der Waals surface area contributed by atoms with Crippen LogP contribution in [0.25, 0.3) is 0 Å². The summed E-state index contributed by atoms with van der Waals surface area (Å²) in [6.45, 7) is 0. The lowest BCUT2D eigenvalue weighted by Crippen LogP contribution is -2.43. The van der Waals surface area contributed by atoms with Gasteiger partial charge >= 0.3 is 0 Å². The fourth-order valence-corrected chi connectivity index (χ4v) is 2.79. The molecule has 2 fully saturated rings. The highest BCUT2D eigenvalue weighted by Crippen LogP contribution is 2.39. The van der Waals surface area contributed by atoms with Gasteiger partial charge in [-0.2, -0.15) is 10.4 Å². The van der Waals surface area contributed by atoms with Crippen LogP contribution in [0.4, 0.5) is 0 Å². The number of hydrogen-bond donors (Lipinski definition) is 1. The summed E-state index contributed by atoms with van der Waals surface area (Å²) in [5, 5.41) is 17.8. The number of nitrogens with zero attached hydrogens (tertiary/aromatic N) is 3. The Morgan fingerprint density at radius 2 is 2.35 bits per heavy atom. The zero-order chi connectivity index (χ0) is 11.9. The molecule has 90 valence electrons. The van der Waals surface area contributed by atoms with E-state index >= 15 is 0 Å². The second-order valence-corrected chi connectivity index (χ2v) is 5.58. The molecule has 0 spiro atoms. The summed E-state index contributed by atoms with van der Waals surface area (Å²) >= 11 is 5.87. The smallest absolute Gasteiger partial charge is 0.109 e. The topological polar surface area (TPSA) is 53.6 Å². The van der Waals surface area contributed by atoms with Gasteiger partial charge in [0.25, 0.3) is 0 Å². The van der Waals surface area contributed by atoms with Crippen LogP contribution in [0.1, 0.15) is 38.1 Å². The van der Waals surface area contributed by atoms with Gasteiger partial charge in [-0.15, -0.1) is 0 Å². The van der Waals surface area contributed by atoms with E-state index in [4.69, 9.17) is 11.6 Å². The van der Waals surface area contributed by atoms with Crippen molar-refractivity contribution in [1.82, 2.24) is 15.1 Å². The van der Waals surface area contributed by atoms with Gasteiger partial charge in [0.15, 0.2) is 0 Å². The summed E-state index contributed by atoms with van der Waals surface area (Å²) < 4.78 is 1.90. The van der Waals surface area contributed by atoms with Gasteiger partial charge in [-0.05, 0) is 25.7 Å². The van der Waals surface area contributed by atoms with Crippen molar-refractivity contribution in [3.63, 3.8) is 0 Å². The highest BCUT2D eigenvalue weighted by Gasteiger charge is 2.43. The van der Waals surface area contributed by atoms with Gasteiger partial charge in [-0.1, -0.05) is 11.6 Å². The molecule has 0 saturated heterocycles. The van der Waals surface area contributed by atoms with E-state index in [0.29, 0.717) is 17.1 Å². The summed E-state index contributed by atoms with van der Waals surface area (Å²) in [6, 6.07) is 3.33. The predicted molar refractivity (Wildman–Crippen MR) is 64.6 cm³/mol. The van der Waals surface area contributed by atoms with Crippen molar-refractivity contribution in [1.29, 1.82) is 5.26 Å². The molecule has 0 aromatic carbocycles. The lowest BCUT2D eigenvalue weighted by Gasteiger charge is -2.22. The molecule has 1 N–H and O–H groups in total. The Bertz CT molecular complexity index is 459. The van der Waals surface area contributed by atoms with Crippen LogP contribution < -0.4 is 5.32 Å². The summed E-state index contributed by atoms with van der Waals surface area (Å²) in [4.78, 5) is 0. The monoisotopic (exact) mass is 250 g/mol. The number of nitrogens with one attached hydrogen (secondary N) is 1. The van der Waals surface area contributed by atoms with Crippen molar-refractivity contribution in [2.24, 2.45) is 0 Å². The number of aromatic nitrogens is 2. The second-order valence-electron chi connectivity index (χ2n) is 5.15. The van der Waals surface area contributed by atoms with Gasteiger partial charge < -0.3 is 0 Å². The molecule has 0 aliphatic heterocycles. The molecule has 4 nitrogen and oxygen atoms in total. The van der Waals surface area contributed by atoms with Gasteiger partial charge in [0.05, 0.1) is 23.3 Å². The molecule has 2 saturated carbocycles. The van der Waals surface area contributed by atoms with Crippen molar-refractivity contribution in [2.75, 3.05) is 0 Å². The molecule has 5 heteroatoms. The van der Waals surface area contributed by atoms with Crippen LogP contribution in [-0.2, 0) is 0 Å². The lowest BCUT2D eigenvalue weighted by atomic mass is 9.99. The third-order valence-corrected chi connectivity index (χ3v) is 3.90. The number of nitriles is 1. The van der Waals surface area contributed by atoms with Crippen molar-refractivity contribution in [2.45, 2.75) is 49.7 Å². The van der Waals surface area contributed by atoms with Crippen LogP contribution >= 0.6 is 11.6 Å². The number of hydrogen-bond acceptors (Lipinski definition) is 3. The molecule has 2 aliphatic rings. The Balaban J connectivity index is 1.73. The molecule has 1 aromatic rings. The van der Waals surface area contributed by atoms with E-state index in [2.05, 4.69) is 16.5 Å². The number of halogens is 1. The van der Waals surface area contributed by atoms with E-state index in [-0.39, 0.29) is 5.54 Å². The maximum absolute atomic E-state index is 9.39. The molecule has 17 heavy (non-hydrogen) atoms. The standard InChI is InChI=1S/C12H15ClN4/c13-9-6-15-17(7-9)11-3-4-12(5-11,8-14)16-10-1-2-10/h6-7,10-11,16H,1-5H2. The molecule has 2 aliphatic carbocycles. The Morgan fingerprint density at radius 1 is 1.53 bits per heavy atom. The van der Waals surface area contributed by atoms with Crippen molar-refractivity contribution in [3.8, 4) is 6.07 Å². The van der Waals surface area contributed by atoms with Crippen LogP contribution in [0.15, 0.2) is 12.4 Å². The minimum atomic E-state index is -0.343. The van der Waals surface area contributed by atoms with Crippen LogP contribution in [0.2, 0.25) is 5.02 Å². The molecule has 0 bridgehead atoms. The highest BCUT2D eigenvalue weighted by molar-refractivity contribution is 6.30. The van der Waals surface area contributed by atoms with Crippen molar-refractivity contribution in [3.05, 3.63) is 17.4 Å². The van der Waals surface area contributed by atoms with E-state index in [1.165, 1.54) is 12.8 Å². The Kier molecular flexibility index (Phi) is 2.61. The van der Waals surface area contributed by atoms with E-state index in [1.807, 2.05) is 10.9 Å². The zero-order valence-corrected chi connectivity index (χ0v) is 10.3. The highest BCUT2D eigenvalue weighted by atomic mass is 35.5. The van der Waals surface area contributed by atoms with E-state index in [0.717, 1.165) is 19.3 Å². The average Bonchev–Trinajstić information content (AvgIpc) is 2.86. The van der Waals surface area contributed by atoms with Gasteiger partial charge in [-0.25, -0.2) is 0 Å². The van der Waals surface area contributed by atoms with Crippen molar-refractivity contribution < 1.29 is 0 Å². The van der Waals surface area contributed by atoms with Gasteiger partial charge in [0, 0.05) is 18.7 Å². The first-order chi connectivity index (χ1) is 8.21. The first-order valence-electron chi connectivity index (χ1n) is 6.09. The summed E-state index contributed by atoms with van der Waals surface area (Å²) in [6.07, 6.45) is 8.65. The third-order valence-electron chi connectivity index (χ3n) is 3.70. The van der Waals surface area contributed by atoms with Gasteiger partial charge in [-0.3, -0.25) is 10.00 Å². The average molecular weight is 251 g/mol. The number of rotatable bonds is 3. The SMILES string of the molecule is N#CC1(NC2CC2)CCC(n2cc(Cl)cn2)C1. The first-order valence-corrected chi connectivity index (χ1v) is 6.47. The predicted octanol–water partition coefficient (Wildman–Crippen LogP) is 2.28. The fourth-order valence-electron chi connectivity index (χ4n) is 2.64. The van der Waals surface area contributed by atoms with Crippen LogP contribution in [0.3, 0.4) is 0 Å². The first kappa shape index (κ1) is 11.1. The Morgan fingerprint density at radius 3 is 2.94 bits per heavy atom. The maximum atomic E-state index is 9.39. The summed E-state index contributed by atoms with van der Waals surface area (Å²) in [7, 11) is 0. The minimum Gasteiger partial charge on any atom is -0.297 e. The van der Waals surface area contributed by atoms with E-state index < -0.39 is 0 Å². The fraction of sp³-hybridized carbons (Fsp3) is 0.667. The van der Waals surface area contributed by atoms with Crippen molar-refractivity contribution >= 4 is 11.6 Å². The molecule has 3 rings (SSSR count). The Hall–Kier alpha value is -1.05. The van der Waals surface area contributed by atoms with Crippen LogP contribution in [-0.4, -0.2) is 21.4 Å². The zero-order valence-electron chi connectivity index (χ0n) is 9.56. The molecule has 1 aromatic heterocycles. The van der Waals surface area contributed by atoms with Gasteiger partial charge in [0.1, 0.15) is 5.54 Å². The quantitative estimate of drug-likeness (QED) is 0.896. The minimum absolute atomic E-state index is 0.299. The third kappa shape index (κ3) is 2.18. The normalized spacial score (nSPS) is 32.6. The second kappa shape index (κ2) is 4.01. The molecular formula is C12H15ClN4. The van der Waals surface area contributed by atoms with E-state index in [9.17, 15) is 5.26 Å².